The van der Waals surface area contributed by atoms with Crippen LogP contribution in [0.3, 0.4) is 0 Å². The molecule has 5 heteroatoms. The molecule has 1 amide bonds. The molecule has 0 aromatic heterocycles. The van der Waals surface area contributed by atoms with Crippen molar-refractivity contribution in [2.75, 3.05) is 59.5 Å². The average Bonchev–Trinajstić information content (AvgIpc) is 2.67. The minimum atomic E-state index is 0.288. The molecule has 2 heterocycles. The van der Waals surface area contributed by atoms with Crippen LogP contribution in [0.2, 0.25) is 0 Å². The van der Waals surface area contributed by atoms with Crippen molar-refractivity contribution in [1.29, 1.82) is 0 Å². The zero-order valence-electron chi connectivity index (χ0n) is 11.4. The van der Waals surface area contributed by atoms with Gasteiger partial charge in [0.05, 0.1) is 13.2 Å². The maximum Gasteiger partial charge on any atom is 0.236 e. The number of carbonyl (C=O) groups excluding carboxylic acids is 1. The van der Waals surface area contributed by atoms with Gasteiger partial charge < -0.3 is 15.0 Å². The van der Waals surface area contributed by atoms with Gasteiger partial charge in [-0.25, -0.2) is 0 Å². The summed E-state index contributed by atoms with van der Waals surface area (Å²) in [7, 11) is 1.73. The predicted octanol–water partition coefficient (Wildman–Crippen LogP) is -0.223. The van der Waals surface area contributed by atoms with Gasteiger partial charge in [-0.1, -0.05) is 0 Å². The van der Waals surface area contributed by atoms with Gasteiger partial charge in [0.25, 0.3) is 0 Å². The molecule has 0 aromatic rings. The number of ether oxygens (including phenoxy) is 1. The van der Waals surface area contributed by atoms with Crippen LogP contribution < -0.4 is 5.32 Å². The highest BCUT2D eigenvalue weighted by molar-refractivity contribution is 5.78. The van der Waals surface area contributed by atoms with Crippen molar-refractivity contribution in [2.24, 2.45) is 5.92 Å². The fourth-order valence-electron chi connectivity index (χ4n) is 2.78. The van der Waals surface area contributed by atoms with Crippen molar-refractivity contribution < 1.29 is 9.53 Å². The second-order valence-electron chi connectivity index (χ2n) is 5.33. The first kappa shape index (κ1) is 13.8. The van der Waals surface area contributed by atoms with Gasteiger partial charge in [0, 0.05) is 39.2 Å². The van der Waals surface area contributed by atoms with E-state index in [1.807, 2.05) is 4.90 Å². The Hall–Kier alpha value is -0.650. The summed E-state index contributed by atoms with van der Waals surface area (Å²) in [6, 6.07) is 0. The minimum Gasteiger partial charge on any atom is -0.384 e. The Morgan fingerprint density at radius 3 is 3.06 bits per heavy atom. The van der Waals surface area contributed by atoms with Crippen molar-refractivity contribution in [2.45, 2.75) is 12.8 Å². The van der Waals surface area contributed by atoms with Crippen LogP contribution in [-0.4, -0.2) is 75.2 Å². The highest BCUT2D eigenvalue weighted by atomic mass is 16.5. The molecule has 2 saturated heterocycles. The van der Waals surface area contributed by atoms with E-state index in [1.54, 1.807) is 7.11 Å². The van der Waals surface area contributed by atoms with E-state index in [1.165, 1.54) is 0 Å². The lowest BCUT2D eigenvalue weighted by atomic mass is 10.1. The van der Waals surface area contributed by atoms with E-state index in [2.05, 4.69) is 10.2 Å². The zero-order valence-corrected chi connectivity index (χ0v) is 11.4. The Kier molecular flexibility index (Phi) is 5.41. The maximum atomic E-state index is 12.2. The zero-order chi connectivity index (χ0) is 12.8. The predicted molar refractivity (Wildman–Crippen MR) is 70.5 cm³/mol. The lowest BCUT2D eigenvalue weighted by Gasteiger charge is -2.23. The number of hydrogen-bond donors (Lipinski definition) is 1. The van der Waals surface area contributed by atoms with Crippen molar-refractivity contribution >= 4 is 5.91 Å². The van der Waals surface area contributed by atoms with Gasteiger partial charge in [-0.05, 0) is 25.9 Å². The van der Waals surface area contributed by atoms with Crippen LogP contribution in [0.15, 0.2) is 0 Å². The molecule has 0 saturated carbocycles. The van der Waals surface area contributed by atoms with Crippen LogP contribution in [-0.2, 0) is 9.53 Å². The van der Waals surface area contributed by atoms with Crippen LogP contribution in [0.25, 0.3) is 0 Å². The number of methoxy groups -OCH3 is 1. The fraction of sp³-hybridized carbons (Fsp3) is 0.923. The molecule has 2 rings (SSSR count). The second-order valence-corrected chi connectivity index (χ2v) is 5.33. The Bertz CT molecular complexity index is 265. The highest BCUT2D eigenvalue weighted by Crippen LogP contribution is 2.16. The lowest BCUT2D eigenvalue weighted by molar-refractivity contribution is -0.131. The number of hydrogen-bond acceptors (Lipinski definition) is 4. The monoisotopic (exact) mass is 255 g/mol. The van der Waals surface area contributed by atoms with Gasteiger partial charge in [0.1, 0.15) is 0 Å². The number of likely N-dealkylation sites (tertiary alicyclic amines) is 1. The normalized spacial score (nSPS) is 26.3. The van der Waals surface area contributed by atoms with Gasteiger partial charge in [0.2, 0.25) is 5.91 Å². The molecule has 0 aliphatic carbocycles. The van der Waals surface area contributed by atoms with Crippen molar-refractivity contribution in [1.82, 2.24) is 15.1 Å². The molecule has 18 heavy (non-hydrogen) atoms. The third-order valence-corrected chi connectivity index (χ3v) is 3.83. The number of carbonyl (C=O) groups is 1. The molecule has 2 aliphatic heterocycles. The van der Waals surface area contributed by atoms with Crippen LogP contribution in [0.4, 0.5) is 0 Å². The van der Waals surface area contributed by atoms with Crippen LogP contribution in [0.5, 0.6) is 0 Å². The molecule has 0 aromatic carbocycles. The average molecular weight is 255 g/mol. The van der Waals surface area contributed by atoms with Gasteiger partial charge >= 0.3 is 0 Å². The Balaban J connectivity index is 1.74. The quantitative estimate of drug-likeness (QED) is 0.754. The van der Waals surface area contributed by atoms with E-state index in [4.69, 9.17) is 4.74 Å². The first-order chi connectivity index (χ1) is 8.79. The third-order valence-electron chi connectivity index (χ3n) is 3.83. The lowest BCUT2D eigenvalue weighted by Crippen LogP contribution is -2.40. The highest BCUT2D eigenvalue weighted by Gasteiger charge is 2.27. The van der Waals surface area contributed by atoms with Crippen molar-refractivity contribution in [3.63, 3.8) is 0 Å². The molecule has 0 spiro atoms. The summed E-state index contributed by atoms with van der Waals surface area (Å²) in [4.78, 5) is 16.5. The van der Waals surface area contributed by atoms with Gasteiger partial charge in [-0.2, -0.15) is 0 Å². The Morgan fingerprint density at radius 2 is 2.22 bits per heavy atom. The summed E-state index contributed by atoms with van der Waals surface area (Å²) >= 11 is 0. The number of rotatable bonds is 4. The summed E-state index contributed by atoms with van der Waals surface area (Å²) < 4.78 is 5.16. The SMILES string of the molecule is COCC1CCN(C(=O)CN2CCCNCC2)C1. The molecule has 5 nitrogen and oxygen atoms in total. The van der Waals surface area contributed by atoms with Crippen molar-refractivity contribution in [3.05, 3.63) is 0 Å². The summed E-state index contributed by atoms with van der Waals surface area (Å²) in [5.74, 6) is 0.820. The molecule has 0 radical (unpaired) electrons. The van der Waals surface area contributed by atoms with E-state index in [0.717, 1.165) is 58.7 Å². The smallest absolute Gasteiger partial charge is 0.236 e. The fourth-order valence-corrected chi connectivity index (χ4v) is 2.78. The van der Waals surface area contributed by atoms with Crippen LogP contribution >= 0.6 is 0 Å². The molecular weight excluding hydrogens is 230 g/mol. The Morgan fingerprint density at radius 1 is 1.33 bits per heavy atom. The first-order valence-corrected chi connectivity index (χ1v) is 6.99. The van der Waals surface area contributed by atoms with Gasteiger partial charge in [-0.15, -0.1) is 0 Å². The molecule has 1 atom stereocenters. The molecule has 1 N–H and O–H groups in total. The van der Waals surface area contributed by atoms with E-state index in [9.17, 15) is 4.79 Å². The maximum absolute atomic E-state index is 12.2. The van der Waals surface area contributed by atoms with Crippen LogP contribution in [0, 0.1) is 5.92 Å². The first-order valence-electron chi connectivity index (χ1n) is 6.99. The molecule has 1 unspecified atom stereocenters. The van der Waals surface area contributed by atoms with Crippen molar-refractivity contribution in [3.8, 4) is 0 Å². The second kappa shape index (κ2) is 7.07. The topological polar surface area (TPSA) is 44.8 Å². The van der Waals surface area contributed by atoms with E-state index >= 15 is 0 Å². The molecule has 0 bridgehead atoms. The molecular formula is C13H25N3O2. The number of nitrogens with one attached hydrogen (secondary N) is 1. The van der Waals surface area contributed by atoms with E-state index < -0.39 is 0 Å². The summed E-state index contributed by atoms with van der Waals surface area (Å²) in [5, 5.41) is 3.36. The number of nitrogens with zero attached hydrogens (tertiary/aromatic N) is 2. The molecule has 2 aliphatic rings. The third kappa shape index (κ3) is 3.93. The van der Waals surface area contributed by atoms with Crippen LogP contribution in [0.1, 0.15) is 12.8 Å². The minimum absolute atomic E-state index is 0.288. The van der Waals surface area contributed by atoms with Gasteiger partial charge in [0.15, 0.2) is 0 Å². The molecule has 104 valence electrons. The number of amides is 1. The largest absolute Gasteiger partial charge is 0.384 e. The van der Waals surface area contributed by atoms with E-state index in [-0.39, 0.29) is 5.91 Å². The van der Waals surface area contributed by atoms with Gasteiger partial charge in [-0.3, -0.25) is 9.69 Å². The van der Waals surface area contributed by atoms with E-state index in [0.29, 0.717) is 12.5 Å². The summed E-state index contributed by atoms with van der Waals surface area (Å²) in [6.45, 7) is 7.23. The summed E-state index contributed by atoms with van der Waals surface area (Å²) in [5.41, 5.74) is 0. The molecule has 2 fully saturated rings. The summed E-state index contributed by atoms with van der Waals surface area (Å²) in [6.07, 6.45) is 2.22. The standard InChI is InChI=1S/C13H25N3O2/c1-18-11-12-3-7-16(9-12)13(17)10-15-6-2-4-14-5-8-15/h12,14H,2-11H2,1H3. The Labute approximate surface area is 109 Å².